The van der Waals surface area contributed by atoms with Gasteiger partial charge >= 0.3 is 5.97 Å². The summed E-state index contributed by atoms with van der Waals surface area (Å²) in [6.45, 7) is 0. The third-order valence-corrected chi connectivity index (χ3v) is 2.57. The van der Waals surface area contributed by atoms with Crippen molar-refractivity contribution in [2.45, 2.75) is 4.90 Å². The minimum absolute atomic E-state index is 0.0456. The minimum Gasteiger partial charge on any atom is -0.494 e. The van der Waals surface area contributed by atoms with E-state index in [4.69, 9.17) is 5.11 Å². The first-order chi connectivity index (χ1) is 7.04. The van der Waals surface area contributed by atoms with Gasteiger partial charge in [-0.25, -0.2) is 8.78 Å². The molecule has 0 saturated carbocycles. The molecule has 15 heavy (non-hydrogen) atoms. The predicted molar refractivity (Wildman–Crippen MR) is 51.3 cm³/mol. The Bertz CT molecular complexity index is 382. The smallest absolute Gasteiger partial charge is 0.313 e. The van der Waals surface area contributed by atoms with Crippen molar-refractivity contribution in [3.63, 3.8) is 0 Å². The molecule has 0 amide bonds. The maximum Gasteiger partial charge on any atom is 0.313 e. The molecule has 82 valence electrons. The Hall–Kier alpha value is -1.30. The Labute approximate surface area is 89.0 Å². The number of halogens is 2. The highest BCUT2D eigenvalue weighted by molar-refractivity contribution is 8.00. The highest BCUT2D eigenvalue weighted by Gasteiger charge is 2.11. The van der Waals surface area contributed by atoms with Crippen LogP contribution in [0.2, 0.25) is 0 Å². The zero-order valence-corrected chi connectivity index (χ0v) is 8.61. The van der Waals surface area contributed by atoms with E-state index in [1.165, 1.54) is 7.11 Å². The number of benzene rings is 1. The van der Waals surface area contributed by atoms with Crippen LogP contribution in [0.3, 0.4) is 0 Å². The number of hydrogen-bond donors (Lipinski definition) is 1. The fourth-order valence-corrected chi connectivity index (χ4v) is 1.58. The number of carboxylic acids is 1. The topological polar surface area (TPSA) is 46.5 Å². The molecule has 1 N–H and O–H groups in total. The van der Waals surface area contributed by atoms with Gasteiger partial charge in [0, 0.05) is 11.0 Å². The van der Waals surface area contributed by atoms with Crippen LogP contribution >= 0.6 is 11.8 Å². The van der Waals surface area contributed by atoms with Gasteiger partial charge in [0.2, 0.25) is 0 Å². The number of hydrogen-bond acceptors (Lipinski definition) is 3. The van der Waals surface area contributed by atoms with E-state index in [1.54, 1.807) is 0 Å². The van der Waals surface area contributed by atoms with Crippen molar-refractivity contribution in [2.75, 3.05) is 12.9 Å². The summed E-state index contributed by atoms with van der Waals surface area (Å²) in [7, 11) is 1.22. The molecule has 1 aromatic carbocycles. The van der Waals surface area contributed by atoms with Gasteiger partial charge in [0.1, 0.15) is 5.82 Å². The monoisotopic (exact) mass is 234 g/mol. The fraction of sp³-hybridized carbons (Fsp3) is 0.222. The third-order valence-electron chi connectivity index (χ3n) is 1.56. The molecular weight excluding hydrogens is 226 g/mol. The van der Waals surface area contributed by atoms with E-state index in [0.29, 0.717) is 0 Å². The van der Waals surface area contributed by atoms with Gasteiger partial charge in [0.15, 0.2) is 11.6 Å². The van der Waals surface area contributed by atoms with Crippen LogP contribution in [0.1, 0.15) is 0 Å². The molecule has 0 fully saturated rings. The molecule has 3 nitrogen and oxygen atoms in total. The van der Waals surface area contributed by atoms with E-state index in [9.17, 15) is 13.6 Å². The zero-order chi connectivity index (χ0) is 11.4. The highest BCUT2D eigenvalue weighted by atomic mass is 32.2. The fourth-order valence-electron chi connectivity index (χ4n) is 0.917. The molecule has 0 bridgehead atoms. The average Bonchev–Trinajstić information content (AvgIpc) is 2.18. The lowest BCUT2D eigenvalue weighted by Crippen LogP contribution is -1.99. The lowest BCUT2D eigenvalue weighted by Gasteiger charge is -2.05. The van der Waals surface area contributed by atoms with E-state index < -0.39 is 17.6 Å². The van der Waals surface area contributed by atoms with Gasteiger partial charge in [-0.15, -0.1) is 11.8 Å². The van der Waals surface area contributed by atoms with Crippen LogP contribution in [-0.4, -0.2) is 23.9 Å². The van der Waals surface area contributed by atoms with E-state index in [2.05, 4.69) is 4.74 Å². The number of aliphatic carboxylic acids is 1. The number of methoxy groups -OCH3 is 1. The van der Waals surface area contributed by atoms with Crippen molar-refractivity contribution >= 4 is 17.7 Å². The zero-order valence-electron chi connectivity index (χ0n) is 7.79. The first kappa shape index (κ1) is 11.8. The standard InChI is InChI=1S/C9H8F2O3S/c1-14-7-2-6(11)8(3-5(7)10)15-4-9(12)13/h2-3H,4H2,1H3,(H,12,13). The Balaban J connectivity index is 2.90. The molecule has 0 aromatic heterocycles. The molecular formula is C9H8F2O3S. The lowest BCUT2D eigenvalue weighted by molar-refractivity contribution is -0.133. The van der Waals surface area contributed by atoms with Crippen molar-refractivity contribution in [1.29, 1.82) is 0 Å². The van der Waals surface area contributed by atoms with Gasteiger partial charge < -0.3 is 9.84 Å². The molecule has 0 aliphatic rings. The number of ether oxygens (including phenoxy) is 1. The summed E-state index contributed by atoms with van der Waals surface area (Å²) in [5, 5.41) is 8.37. The first-order valence-electron chi connectivity index (χ1n) is 3.92. The van der Waals surface area contributed by atoms with E-state index in [-0.39, 0.29) is 16.4 Å². The molecule has 1 aromatic rings. The summed E-state index contributed by atoms with van der Waals surface area (Å²) < 4.78 is 30.9. The molecule has 0 aliphatic carbocycles. The third kappa shape index (κ3) is 3.09. The first-order valence-corrected chi connectivity index (χ1v) is 4.90. The quantitative estimate of drug-likeness (QED) is 0.811. The Morgan fingerprint density at radius 1 is 1.47 bits per heavy atom. The van der Waals surface area contributed by atoms with Crippen LogP contribution in [0.4, 0.5) is 8.78 Å². The van der Waals surface area contributed by atoms with Crippen molar-refractivity contribution in [3.05, 3.63) is 23.8 Å². The largest absolute Gasteiger partial charge is 0.494 e. The lowest BCUT2D eigenvalue weighted by atomic mass is 10.3. The van der Waals surface area contributed by atoms with Gasteiger partial charge in [-0.3, -0.25) is 4.79 Å². The highest BCUT2D eigenvalue weighted by Crippen LogP contribution is 2.28. The normalized spacial score (nSPS) is 10.1. The van der Waals surface area contributed by atoms with Crippen molar-refractivity contribution in [3.8, 4) is 5.75 Å². The molecule has 0 radical (unpaired) electrons. The van der Waals surface area contributed by atoms with Crippen LogP contribution in [0.25, 0.3) is 0 Å². The molecule has 0 heterocycles. The van der Waals surface area contributed by atoms with E-state index >= 15 is 0 Å². The summed E-state index contributed by atoms with van der Waals surface area (Å²) in [4.78, 5) is 10.2. The summed E-state index contributed by atoms with van der Waals surface area (Å²) in [6.07, 6.45) is 0. The summed E-state index contributed by atoms with van der Waals surface area (Å²) >= 11 is 0.718. The van der Waals surface area contributed by atoms with Crippen molar-refractivity contribution in [1.82, 2.24) is 0 Å². The van der Waals surface area contributed by atoms with Gasteiger partial charge in [-0.05, 0) is 6.07 Å². The van der Waals surface area contributed by atoms with Gasteiger partial charge in [0.25, 0.3) is 0 Å². The number of carboxylic acid groups (broad SMARTS) is 1. The van der Waals surface area contributed by atoms with Crippen molar-refractivity contribution < 1.29 is 23.4 Å². The maximum absolute atomic E-state index is 13.2. The SMILES string of the molecule is COc1cc(F)c(SCC(=O)O)cc1F. The Morgan fingerprint density at radius 3 is 2.67 bits per heavy atom. The summed E-state index contributed by atoms with van der Waals surface area (Å²) in [6, 6.07) is 1.81. The van der Waals surface area contributed by atoms with Gasteiger partial charge in [0.05, 0.1) is 12.9 Å². The maximum atomic E-state index is 13.2. The molecule has 0 atom stereocenters. The molecule has 1 rings (SSSR count). The van der Waals surface area contributed by atoms with Crippen LogP contribution < -0.4 is 4.74 Å². The average molecular weight is 234 g/mol. The van der Waals surface area contributed by atoms with E-state index in [1.807, 2.05) is 0 Å². The molecule has 0 saturated heterocycles. The van der Waals surface area contributed by atoms with Gasteiger partial charge in [-0.2, -0.15) is 0 Å². The van der Waals surface area contributed by atoms with Gasteiger partial charge in [-0.1, -0.05) is 0 Å². The second kappa shape index (κ2) is 4.97. The van der Waals surface area contributed by atoms with Crippen LogP contribution in [0, 0.1) is 11.6 Å². The molecule has 0 unspecified atom stereocenters. The van der Waals surface area contributed by atoms with E-state index in [0.717, 1.165) is 23.9 Å². The second-order valence-electron chi connectivity index (χ2n) is 2.60. The predicted octanol–water partition coefficient (Wildman–Crippen LogP) is 2.15. The molecule has 6 heteroatoms. The van der Waals surface area contributed by atoms with Crippen molar-refractivity contribution in [2.24, 2.45) is 0 Å². The number of carbonyl (C=O) groups is 1. The Morgan fingerprint density at radius 2 is 2.13 bits per heavy atom. The Kier molecular flexibility index (Phi) is 3.90. The second-order valence-corrected chi connectivity index (χ2v) is 3.62. The number of thioether (sulfide) groups is 1. The number of rotatable bonds is 4. The van der Waals surface area contributed by atoms with Crippen LogP contribution in [-0.2, 0) is 4.79 Å². The molecule has 0 aliphatic heterocycles. The summed E-state index contributed by atoms with van der Waals surface area (Å²) in [5.41, 5.74) is 0. The van der Waals surface area contributed by atoms with Crippen LogP contribution in [0.15, 0.2) is 17.0 Å². The molecule has 0 spiro atoms. The summed E-state index contributed by atoms with van der Waals surface area (Å²) in [5.74, 6) is -3.02. The van der Waals surface area contributed by atoms with Crippen LogP contribution in [0.5, 0.6) is 5.75 Å². The minimum atomic E-state index is -1.09.